The van der Waals surface area contributed by atoms with Gasteiger partial charge in [0.2, 0.25) is 23.6 Å². The van der Waals surface area contributed by atoms with Crippen molar-refractivity contribution < 1.29 is 28.7 Å². The highest BCUT2D eigenvalue weighted by Gasteiger charge is 2.36. The van der Waals surface area contributed by atoms with Crippen molar-refractivity contribution in [1.82, 2.24) is 10.2 Å². The molecule has 1 aromatic rings. The number of imide groups is 1. The Morgan fingerprint density at radius 2 is 1.83 bits per heavy atom. The van der Waals surface area contributed by atoms with Crippen molar-refractivity contribution in [3.8, 4) is 11.5 Å². The maximum absolute atomic E-state index is 12.5. The van der Waals surface area contributed by atoms with Crippen LogP contribution in [0.4, 0.5) is 5.69 Å². The summed E-state index contributed by atoms with van der Waals surface area (Å²) >= 11 is 0. The van der Waals surface area contributed by atoms with Gasteiger partial charge in [-0.3, -0.25) is 24.1 Å². The molecule has 0 spiro atoms. The molecule has 0 radical (unpaired) electrons. The topological polar surface area (TPSA) is 105 Å². The Hall–Kier alpha value is -3.10. The fraction of sp³-hybridized carbons (Fsp3) is 0.500. The highest BCUT2D eigenvalue weighted by atomic mass is 16.5. The number of anilines is 1. The SMILES string of the molecule is COc1ccc(OC)c(N2CC(C(=O)NCCCN3C(=O)CCC3=O)CC2=O)c1. The van der Waals surface area contributed by atoms with E-state index in [1.807, 2.05) is 0 Å². The highest BCUT2D eigenvalue weighted by Crippen LogP contribution is 2.36. The summed E-state index contributed by atoms with van der Waals surface area (Å²) in [5, 5.41) is 2.80. The van der Waals surface area contributed by atoms with Crippen molar-refractivity contribution in [2.24, 2.45) is 5.92 Å². The fourth-order valence-electron chi connectivity index (χ4n) is 3.59. The lowest BCUT2D eigenvalue weighted by Crippen LogP contribution is -2.36. The zero-order valence-corrected chi connectivity index (χ0v) is 16.6. The average Bonchev–Trinajstić information content (AvgIpc) is 3.27. The van der Waals surface area contributed by atoms with Gasteiger partial charge in [-0.15, -0.1) is 0 Å². The molecule has 2 aliphatic heterocycles. The molecule has 0 bridgehead atoms. The summed E-state index contributed by atoms with van der Waals surface area (Å²) in [6, 6.07) is 5.17. The predicted molar refractivity (Wildman–Crippen MR) is 104 cm³/mol. The molecule has 2 saturated heterocycles. The molecule has 1 unspecified atom stereocenters. The molecule has 0 aliphatic carbocycles. The number of hydrogen-bond acceptors (Lipinski definition) is 6. The number of ether oxygens (including phenoxy) is 2. The van der Waals surface area contributed by atoms with Crippen LogP contribution in [0.5, 0.6) is 11.5 Å². The van der Waals surface area contributed by atoms with E-state index in [2.05, 4.69) is 5.32 Å². The van der Waals surface area contributed by atoms with Gasteiger partial charge in [0, 0.05) is 45.0 Å². The smallest absolute Gasteiger partial charge is 0.229 e. The summed E-state index contributed by atoms with van der Waals surface area (Å²) in [4.78, 5) is 50.9. The van der Waals surface area contributed by atoms with E-state index in [-0.39, 0.29) is 49.4 Å². The molecular formula is C20H25N3O6. The largest absolute Gasteiger partial charge is 0.497 e. The molecule has 2 aliphatic rings. The first kappa shape index (κ1) is 20.6. The molecule has 2 fully saturated rings. The normalized spacial score (nSPS) is 19.1. The van der Waals surface area contributed by atoms with Crippen LogP contribution in [0.15, 0.2) is 18.2 Å². The van der Waals surface area contributed by atoms with Crippen molar-refractivity contribution in [2.75, 3.05) is 38.8 Å². The lowest BCUT2D eigenvalue weighted by atomic mass is 10.1. The maximum atomic E-state index is 12.5. The van der Waals surface area contributed by atoms with Crippen molar-refractivity contribution in [3.63, 3.8) is 0 Å². The second-order valence-corrected chi connectivity index (χ2v) is 7.03. The van der Waals surface area contributed by atoms with Crippen LogP contribution >= 0.6 is 0 Å². The number of carbonyl (C=O) groups is 4. The standard InChI is InChI=1S/C20H25N3O6/c1-28-14-4-5-16(29-2)15(11-14)23-12-13(10-19(23)26)20(27)21-8-3-9-22-17(24)6-7-18(22)25/h4-5,11,13H,3,6-10,12H2,1-2H3,(H,21,27). The minimum absolute atomic E-state index is 0.106. The molecule has 9 nitrogen and oxygen atoms in total. The van der Waals surface area contributed by atoms with E-state index in [0.717, 1.165) is 0 Å². The van der Waals surface area contributed by atoms with E-state index in [1.54, 1.807) is 18.2 Å². The van der Waals surface area contributed by atoms with E-state index in [9.17, 15) is 19.2 Å². The number of likely N-dealkylation sites (tertiary alicyclic amines) is 1. The summed E-state index contributed by atoms with van der Waals surface area (Å²) < 4.78 is 10.6. The van der Waals surface area contributed by atoms with Gasteiger partial charge >= 0.3 is 0 Å². The Labute approximate surface area is 168 Å². The Morgan fingerprint density at radius 3 is 2.48 bits per heavy atom. The number of carbonyl (C=O) groups excluding carboxylic acids is 4. The molecule has 3 rings (SSSR count). The van der Waals surface area contributed by atoms with Crippen LogP contribution in [0.1, 0.15) is 25.7 Å². The van der Waals surface area contributed by atoms with Crippen molar-refractivity contribution in [2.45, 2.75) is 25.7 Å². The molecule has 9 heteroatoms. The Morgan fingerprint density at radius 1 is 1.10 bits per heavy atom. The molecule has 1 N–H and O–H groups in total. The number of rotatable bonds is 8. The molecule has 29 heavy (non-hydrogen) atoms. The second kappa shape index (κ2) is 8.93. The van der Waals surface area contributed by atoms with Crippen LogP contribution in [0.2, 0.25) is 0 Å². The molecular weight excluding hydrogens is 378 g/mol. The maximum Gasteiger partial charge on any atom is 0.229 e. The van der Waals surface area contributed by atoms with Crippen LogP contribution in [0.3, 0.4) is 0 Å². The third-order valence-electron chi connectivity index (χ3n) is 5.19. The van der Waals surface area contributed by atoms with E-state index in [4.69, 9.17) is 9.47 Å². The van der Waals surface area contributed by atoms with Gasteiger partial charge in [0.15, 0.2) is 0 Å². The number of amides is 4. The number of benzene rings is 1. The van der Waals surface area contributed by atoms with Crippen molar-refractivity contribution in [1.29, 1.82) is 0 Å². The Bertz CT molecular complexity index is 808. The average molecular weight is 403 g/mol. The van der Waals surface area contributed by atoms with Gasteiger partial charge in [0.1, 0.15) is 11.5 Å². The Kier molecular flexibility index (Phi) is 6.36. The first-order valence-electron chi connectivity index (χ1n) is 9.58. The second-order valence-electron chi connectivity index (χ2n) is 7.03. The number of nitrogens with one attached hydrogen (secondary N) is 1. The lowest BCUT2D eigenvalue weighted by molar-refractivity contribution is -0.138. The summed E-state index contributed by atoms with van der Waals surface area (Å²) in [5.41, 5.74) is 0.568. The Balaban J connectivity index is 1.54. The molecule has 156 valence electrons. The monoisotopic (exact) mass is 403 g/mol. The van der Waals surface area contributed by atoms with E-state index >= 15 is 0 Å². The van der Waals surface area contributed by atoms with Crippen molar-refractivity contribution >= 4 is 29.3 Å². The fourth-order valence-corrected chi connectivity index (χ4v) is 3.59. The summed E-state index contributed by atoms with van der Waals surface area (Å²) in [5.74, 6) is -0.0657. The summed E-state index contributed by atoms with van der Waals surface area (Å²) in [6.07, 6.45) is 1.12. The quantitative estimate of drug-likeness (QED) is 0.506. The molecule has 0 saturated carbocycles. The van der Waals surface area contributed by atoms with Crippen LogP contribution in [0, 0.1) is 5.92 Å². The predicted octanol–water partition coefficient (Wildman–Crippen LogP) is 0.712. The van der Waals surface area contributed by atoms with Crippen LogP contribution in [-0.4, -0.2) is 62.4 Å². The van der Waals surface area contributed by atoms with Gasteiger partial charge in [-0.2, -0.15) is 0 Å². The third kappa shape index (κ3) is 4.49. The van der Waals surface area contributed by atoms with Crippen LogP contribution in [-0.2, 0) is 19.2 Å². The van der Waals surface area contributed by atoms with Gasteiger partial charge < -0.3 is 19.7 Å². The molecule has 1 atom stereocenters. The molecule has 4 amide bonds. The zero-order chi connectivity index (χ0) is 21.0. The first-order chi connectivity index (χ1) is 13.9. The van der Waals surface area contributed by atoms with E-state index in [0.29, 0.717) is 36.7 Å². The first-order valence-corrected chi connectivity index (χ1v) is 9.58. The minimum atomic E-state index is -0.478. The minimum Gasteiger partial charge on any atom is -0.497 e. The number of nitrogens with zero attached hydrogens (tertiary/aromatic N) is 2. The van der Waals surface area contributed by atoms with Gasteiger partial charge in [-0.1, -0.05) is 0 Å². The van der Waals surface area contributed by atoms with E-state index in [1.165, 1.54) is 24.0 Å². The van der Waals surface area contributed by atoms with E-state index < -0.39 is 5.92 Å². The molecule has 2 heterocycles. The number of methoxy groups -OCH3 is 2. The van der Waals surface area contributed by atoms with Gasteiger partial charge in [0.25, 0.3) is 0 Å². The summed E-state index contributed by atoms with van der Waals surface area (Å²) in [6.45, 7) is 0.884. The highest BCUT2D eigenvalue weighted by molar-refractivity contribution is 6.02. The van der Waals surface area contributed by atoms with Gasteiger partial charge in [-0.05, 0) is 18.6 Å². The van der Waals surface area contributed by atoms with Crippen LogP contribution in [0.25, 0.3) is 0 Å². The zero-order valence-electron chi connectivity index (χ0n) is 16.6. The van der Waals surface area contributed by atoms with Crippen molar-refractivity contribution in [3.05, 3.63) is 18.2 Å². The van der Waals surface area contributed by atoms with Gasteiger partial charge in [-0.25, -0.2) is 0 Å². The third-order valence-corrected chi connectivity index (χ3v) is 5.19. The number of hydrogen-bond donors (Lipinski definition) is 1. The van der Waals surface area contributed by atoms with Crippen LogP contribution < -0.4 is 19.7 Å². The lowest BCUT2D eigenvalue weighted by Gasteiger charge is -2.20. The van der Waals surface area contributed by atoms with Gasteiger partial charge in [0.05, 0.1) is 25.8 Å². The molecule has 1 aromatic carbocycles. The summed E-state index contributed by atoms with van der Waals surface area (Å²) in [7, 11) is 3.06. The molecule has 0 aromatic heterocycles.